The predicted molar refractivity (Wildman–Crippen MR) is 222 cm³/mol. The van der Waals surface area contributed by atoms with Crippen molar-refractivity contribution in [2.75, 3.05) is 9.80 Å². The van der Waals surface area contributed by atoms with E-state index in [1.54, 1.807) is 0 Å². The Hall–Kier alpha value is -6.90. The maximum atomic E-state index is 2.42. The first kappa shape index (κ1) is 31.1. The van der Waals surface area contributed by atoms with Gasteiger partial charge in [-0.25, -0.2) is 0 Å². The number of hydrogen-bond donors (Lipinski definition) is 0. The lowest BCUT2D eigenvalue weighted by Gasteiger charge is -2.34. The average Bonchev–Trinajstić information content (AvgIpc) is 3.22. The summed E-state index contributed by atoms with van der Waals surface area (Å²) in [6.07, 6.45) is 0. The Labute approximate surface area is 305 Å². The lowest BCUT2D eigenvalue weighted by Crippen LogP contribution is -2.17. The van der Waals surface area contributed by atoms with Crippen LogP contribution >= 0.6 is 0 Å². The molecule has 0 N–H and O–H groups in total. The Morgan fingerprint density at radius 1 is 0.231 bits per heavy atom. The molecule has 9 aromatic carbocycles. The van der Waals surface area contributed by atoms with Crippen molar-refractivity contribution in [3.8, 4) is 22.3 Å². The second-order valence-electron chi connectivity index (χ2n) is 13.0. The van der Waals surface area contributed by atoms with Gasteiger partial charge in [-0.15, -0.1) is 0 Å². The van der Waals surface area contributed by atoms with Gasteiger partial charge in [0.1, 0.15) is 0 Å². The van der Waals surface area contributed by atoms with Crippen LogP contribution in [-0.2, 0) is 0 Å². The smallest absolute Gasteiger partial charge is 0.0709 e. The highest BCUT2D eigenvalue weighted by Gasteiger charge is 2.25. The fourth-order valence-electron chi connectivity index (χ4n) is 7.29. The van der Waals surface area contributed by atoms with Gasteiger partial charge >= 0.3 is 0 Å². The Bertz CT molecular complexity index is 2430. The summed E-state index contributed by atoms with van der Waals surface area (Å²) < 4.78 is 0. The SMILES string of the molecule is c1ccc(-c2cc(N(c3ccccc3)c3ccc4ccccc4c3)c(N(c3ccccc3)c3ccc4ccccc4c3)cc2-c2ccccc2)cc1. The van der Waals surface area contributed by atoms with Crippen molar-refractivity contribution in [1.29, 1.82) is 0 Å². The van der Waals surface area contributed by atoms with Gasteiger partial charge < -0.3 is 9.80 Å². The van der Waals surface area contributed by atoms with E-state index in [9.17, 15) is 0 Å². The van der Waals surface area contributed by atoms with Crippen molar-refractivity contribution < 1.29 is 0 Å². The third kappa shape index (κ3) is 5.97. The zero-order valence-electron chi connectivity index (χ0n) is 28.7. The van der Waals surface area contributed by atoms with E-state index in [1.165, 1.54) is 32.7 Å². The summed E-state index contributed by atoms with van der Waals surface area (Å²) in [4.78, 5) is 4.83. The van der Waals surface area contributed by atoms with E-state index in [-0.39, 0.29) is 0 Å². The summed E-state index contributed by atoms with van der Waals surface area (Å²) in [5, 5.41) is 4.82. The van der Waals surface area contributed by atoms with Gasteiger partial charge in [0, 0.05) is 22.7 Å². The Balaban J connectivity index is 1.41. The van der Waals surface area contributed by atoms with Gasteiger partial charge in [-0.3, -0.25) is 0 Å². The summed E-state index contributed by atoms with van der Waals surface area (Å²) in [6.45, 7) is 0. The van der Waals surface area contributed by atoms with Crippen molar-refractivity contribution in [3.05, 3.63) is 218 Å². The van der Waals surface area contributed by atoms with E-state index in [2.05, 4.69) is 228 Å². The molecule has 0 spiro atoms. The van der Waals surface area contributed by atoms with Crippen LogP contribution < -0.4 is 9.80 Å². The summed E-state index contributed by atoms with van der Waals surface area (Å²) in [6, 6.07) is 78.6. The molecule has 0 aliphatic heterocycles. The van der Waals surface area contributed by atoms with Gasteiger partial charge in [0.2, 0.25) is 0 Å². The molecule has 0 fully saturated rings. The van der Waals surface area contributed by atoms with Crippen molar-refractivity contribution in [2.24, 2.45) is 0 Å². The van der Waals surface area contributed by atoms with Crippen molar-refractivity contribution in [3.63, 3.8) is 0 Å². The number of benzene rings is 9. The third-order valence-electron chi connectivity index (χ3n) is 9.78. The minimum absolute atomic E-state index is 1.07. The van der Waals surface area contributed by atoms with Crippen molar-refractivity contribution >= 4 is 55.7 Å². The number of fused-ring (bicyclic) bond motifs is 2. The second-order valence-corrected chi connectivity index (χ2v) is 13.0. The molecule has 0 aromatic heterocycles. The molecule has 2 nitrogen and oxygen atoms in total. The molecule has 2 heteroatoms. The molecule has 0 unspecified atom stereocenters. The quantitative estimate of drug-likeness (QED) is 0.159. The minimum atomic E-state index is 1.07. The first-order chi connectivity index (χ1) is 25.8. The summed E-state index contributed by atoms with van der Waals surface area (Å²) in [5.41, 5.74) is 11.1. The lowest BCUT2D eigenvalue weighted by atomic mass is 9.92. The second kappa shape index (κ2) is 13.8. The summed E-state index contributed by atoms with van der Waals surface area (Å²) in [5.74, 6) is 0. The van der Waals surface area contributed by atoms with Crippen LogP contribution in [0.15, 0.2) is 218 Å². The Morgan fingerprint density at radius 2 is 0.558 bits per heavy atom. The van der Waals surface area contributed by atoms with Crippen LogP contribution in [-0.4, -0.2) is 0 Å². The maximum Gasteiger partial charge on any atom is 0.0709 e. The van der Waals surface area contributed by atoms with Crippen LogP contribution in [0.4, 0.5) is 34.1 Å². The first-order valence-corrected chi connectivity index (χ1v) is 17.8. The number of rotatable bonds is 8. The standard InChI is InChI=1S/C50H36N2/c1-5-19-39(20-6-1)47-35-49(51(43-25-9-3-10-26-43)45-31-29-37-17-13-15-23-41(37)33-45)50(36-48(47)40-21-7-2-8-22-40)52(44-27-11-4-12-28-44)46-32-30-38-18-14-16-24-42(38)34-46/h1-36H. The van der Waals surface area contributed by atoms with Crippen LogP contribution in [0.1, 0.15) is 0 Å². The molecule has 0 saturated carbocycles. The highest BCUT2D eigenvalue weighted by molar-refractivity contribution is 6.01. The highest BCUT2D eigenvalue weighted by atomic mass is 15.2. The number of hydrogen-bond acceptors (Lipinski definition) is 2. The first-order valence-electron chi connectivity index (χ1n) is 17.8. The summed E-state index contributed by atoms with van der Waals surface area (Å²) >= 11 is 0. The van der Waals surface area contributed by atoms with Crippen LogP contribution in [0, 0.1) is 0 Å². The zero-order valence-corrected chi connectivity index (χ0v) is 28.7. The molecule has 0 saturated heterocycles. The Kier molecular flexibility index (Phi) is 8.24. The highest BCUT2D eigenvalue weighted by Crippen LogP contribution is 2.50. The largest absolute Gasteiger partial charge is 0.308 e. The number of para-hydroxylation sites is 2. The Morgan fingerprint density at radius 3 is 0.942 bits per heavy atom. The molecular weight excluding hydrogens is 629 g/mol. The molecule has 246 valence electrons. The topological polar surface area (TPSA) is 6.48 Å². The fraction of sp³-hybridized carbons (Fsp3) is 0. The predicted octanol–water partition coefficient (Wildman–Crippen LogP) is 14.3. The van der Waals surface area contributed by atoms with E-state index in [4.69, 9.17) is 0 Å². The molecule has 0 radical (unpaired) electrons. The van der Waals surface area contributed by atoms with Crippen molar-refractivity contribution in [2.45, 2.75) is 0 Å². The van der Waals surface area contributed by atoms with Gasteiger partial charge in [0.25, 0.3) is 0 Å². The zero-order chi connectivity index (χ0) is 34.7. The van der Waals surface area contributed by atoms with Crippen molar-refractivity contribution in [1.82, 2.24) is 0 Å². The molecular formula is C50H36N2. The molecule has 0 aliphatic carbocycles. The van der Waals surface area contributed by atoms with E-state index >= 15 is 0 Å². The molecule has 0 bridgehead atoms. The molecule has 0 amide bonds. The van der Waals surface area contributed by atoms with E-state index in [1.807, 2.05) is 0 Å². The lowest BCUT2D eigenvalue weighted by molar-refractivity contribution is 1.23. The van der Waals surface area contributed by atoms with Gasteiger partial charge in [0.15, 0.2) is 0 Å². The molecule has 0 aliphatic rings. The van der Waals surface area contributed by atoms with Gasteiger partial charge in [-0.1, -0.05) is 158 Å². The molecule has 52 heavy (non-hydrogen) atoms. The molecule has 9 aromatic rings. The normalized spacial score (nSPS) is 11.1. The molecule has 9 rings (SSSR count). The fourth-order valence-corrected chi connectivity index (χ4v) is 7.29. The van der Waals surface area contributed by atoms with Crippen LogP contribution in [0.2, 0.25) is 0 Å². The monoisotopic (exact) mass is 664 g/mol. The van der Waals surface area contributed by atoms with Gasteiger partial charge in [-0.2, -0.15) is 0 Å². The average molecular weight is 665 g/mol. The minimum Gasteiger partial charge on any atom is -0.308 e. The maximum absolute atomic E-state index is 2.42. The molecule has 0 heterocycles. The van der Waals surface area contributed by atoms with Crippen LogP contribution in [0.3, 0.4) is 0 Å². The third-order valence-corrected chi connectivity index (χ3v) is 9.78. The van der Waals surface area contributed by atoms with E-state index in [0.29, 0.717) is 0 Å². The molecule has 0 atom stereocenters. The number of anilines is 6. The van der Waals surface area contributed by atoms with Crippen LogP contribution in [0.5, 0.6) is 0 Å². The van der Waals surface area contributed by atoms with E-state index in [0.717, 1.165) is 45.3 Å². The van der Waals surface area contributed by atoms with Gasteiger partial charge in [-0.05, 0) is 104 Å². The number of nitrogens with zero attached hydrogens (tertiary/aromatic N) is 2. The summed E-state index contributed by atoms with van der Waals surface area (Å²) in [7, 11) is 0. The van der Waals surface area contributed by atoms with Gasteiger partial charge in [0.05, 0.1) is 11.4 Å². The van der Waals surface area contributed by atoms with Crippen LogP contribution in [0.25, 0.3) is 43.8 Å². The van der Waals surface area contributed by atoms with E-state index < -0.39 is 0 Å².